The van der Waals surface area contributed by atoms with E-state index in [1.807, 2.05) is 50.2 Å². The largest absolute Gasteiger partial charge is 0.323 e. The quantitative estimate of drug-likeness (QED) is 0.752. The number of carbonyl (C=O) groups excluding carboxylic acids is 1. The number of amides is 2. The molecule has 1 heterocycles. The Kier molecular flexibility index (Phi) is 3.53. The van der Waals surface area contributed by atoms with Crippen LogP contribution in [0.5, 0.6) is 0 Å². The van der Waals surface area contributed by atoms with Crippen LogP contribution in [0, 0.1) is 13.8 Å². The predicted molar refractivity (Wildman–Crippen MR) is 86.0 cm³/mol. The van der Waals surface area contributed by atoms with Gasteiger partial charge in [0.25, 0.3) is 0 Å². The van der Waals surface area contributed by atoms with E-state index in [0.29, 0.717) is 5.69 Å². The van der Waals surface area contributed by atoms with Crippen LogP contribution in [0.1, 0.15) is 11.1 Å². The number of nitrogens with zero attached hydrogens (tertiary/aromatic N) is 2. The van der Waals surface area contributed by atoms with Crippen LogP contribution in [0.15, 0.2) is 36.4 Å². The van der Waals surface area contributed by atoms with E-state index in [2.05, 4.69) is 20.2 Å². The van der Waals surface area contributed by atoms with E-state index in [9.17, 15) is 4.79 Å². The third kappa shape index (κ3) is 2.85. The first-order chi connectivity index (χ1) is 10.1. The van der Waals surface area contributed by atoms with Gasteiger partial charge >= 0.3 is 6.03 Å². The molecule has 0 fully saturated rings. The van der Waals surface area contributed by atoms with Crippen LogP contribution in [0.25, 0.3) is 10.2 Å². The average Bonchev–Trinajstić information content (AvgIpc) is 2.90. The average molecular weight is 298 g/mol. The van der Waals surface area contributed by atoms with Crippen molar-refractivity contribution in [3.8, 4) is 0 Å². The zero-order valence-electron chi connectivity index (χ0n) is 11.7. The van der Waals surface area contributed by atoms with Crippen molar-refractivity contribution >= 4 is 39.2 Å². The summed E-state index contributed by atoms with van der Waals surface area (Å²) in [6, 6.07) is 11.2. The molecule has 2 aromatic carbocycles. The molecule has 3 aromatic rings. The van der Waals surface area contributed by atoms with Crippen molar-refractivity contribution in [1.29, 1.82) is 0 Å². The summed E-state index contributed by atoms with van der Waals surface area (Å²) in [5.74, 6) is 0. The van der Waals surface area contributed by atoms with Gasteiger partial charge in [-0.25, -0.2) is 4.79 Å². The van der Waals surface area contributed by atoms with Gasteiger partial charge in [0.1, 0.15) is 5.52 Å². The lowest BCUT2D eigenvalue weighted by Crippen LogP contribution is -2.20. The summed E-state index contributed by atoms with van der Waals surface area (Å²) < 4.78 is 4.87. The molecule has 6 heteroatoms. The molecule has 0 radical (unpaired) electrons. The molecule has 0 atom stereocenters. The Labute approximate surface area is 126 Å². The topological polar surface area (TPSA) is 66.9 Å². The van der Waals surface area contributed by atoms with E-state index in [-0.39, 0.29) is 6.03 Å². The first-order valence-corrected chi connectivity index (χ1v) is 7.27. The smallest absolute Gasteiger partial charge is 0.308 e. The Morgan fingerprint density at radius 2 is 1.86 bits per heavy atom. The number of anilines is 2. The predicted octanol–water partition coefficient (Wildman–Crippen LogP) is 3.95. The normalized spacial score (nSPS) is 10.6. The molecule has 2 amide bonds. The van der Waals surface area contributed by atoms with E-state index >= 15 is 0 Å². The van der Waals surface area contributed by atoms with Gasteiger partial charge in [-0.2, -0.15) is 0 Å². The van der Waals surface area contributed by atoms with E-state index in [4.69, 9.17) is 0 Å². The van der Waals surface area contributed by atoms with E-state index in [1.54, 1.807) is 0 Å². The maximum Gasteiger partial charge on any atom is 0.323 e. The molecule has 1 aromatic heterocycles. The summed E-state index contributed by atoms with van der Waals surface area (Å²) >= 11 is 1.33. The van der Waals surface area contributed by atoms with Crippen LogP contribution in [0.2, 0.25) is 0 Å². The minimum atomic E-state index is -0.269. The van der Waals surface area contributed by atoms with Crippen molar-refractivity contribution in [3.63, 3.8) is 0 Å². The van der Waals surface area contributed by atoms with Crippen molar-refractivity contribution in [3.05, 3.63) is 47.5 Å². The van der Waals surface area contributed by atoms with E-state index < -0.39 is 0 Å². The molecule has 0 aliphatic rings. The SMILES string of the molecule is Cc1cccc(C)c1NC(=O)Nc1ccc2snnc2c1. The number of hydrogen-bond acceptors (Lipinski definition) is 4. The summed E-state index contributed by atoms with van der Waals surface area (Å²) in [5, 5.41) is 9.69. The molecule has 0 saturated carbocycles. The second-order valence-corrected chi connectivity index (χ2v) is 5.59. The van der Waals surface area contributed by atoms with Crippen LogP contribution < -0.4 is 10.6 Å². The minimum absolute atomic E-state index is 0.269. The lowest BCUT2D eigenvalue weighted by Gasteiger charge is -2.12. The number of nitrogens with one attached hydrogen (secondary N) is 2. The third-order valence-electron chi connectivity index (χ3n) is 3.22. The highest BCUT2D eigenvalue weighted by molar-refractivity contribution is 7.12. The zero-order chi connectivity index (χ0) is 14.8. The molecular formula is C15H14N4OS. The number of aryl methyl sites for hydroxylation is 2. The number of benzene rings is 2. The zero-order valence-corrected chi connectivity index (χ0v) is 12.5. The van der Waals surface area contributed by atoms with Crippen LogP contribution in [-0.4, -0.2) is 15.6 Å². The second kappa shape index (κ2) is 5.49. The van der Waals surface area contributed by atoms with Gasteiger partial charge in [-0.3, -0.25) is 0 Å². The molecule has 106 valence electrons. The molecule has 0 aliphatic heterocycles. The standard InChI is InChI=1S/C15H14N4OS/c1-9-4-3-5-10(2)14(9)17-15(20)16-11-6-7-13-12(8-11)18-19-21-13/h3-8H,1-2H3,(H2,16,17,20). The van der Waals surface area contributed by atoms with Gasteiger partial charge in [0, 0.05) is 11.4 Å². The van der Waals surface area contributed by atoms with Crippen molar-refractivity contribution in [2.45, 2.75) is 13.8 Å². The van der Waals surface area contributed by atoms with E-state index in [0.717, 1.165) is 27.0 Å². The van der Waals surface area contributed by atoms with Gasteiger partial charge in [-0.15, -0.1) is 5.10 Å². The van der Waals surface area contributed by atoms with Crippen LogP contribution in [-0.2, 0) is 0 Å². The van der Waals surface area contributed by atoms with Crippen molar-refractivity contribution < 1.29 is 4.79 Å². The Bertz CT molecular complexity index is 792. The summed E-state index contributed by atoms with van der Waals surface area (Å²) in [6.07, 6.45) is 0. The lowest BCUT2D eigenvalue weighted by atomic mass is 10.1. The van der Waals surface area contributed by atoms with Gasteiger partial charge in [0.05, 0.1) is 4.70 Å². The van der Waals surface area contributed by atoms with Crippen LogP contribution in [0.4, 0.5) is 16.2 Å². The van der Waals surface area contributed by atoms with Gasteiger partial charge in [0.2, 0.25) is 0 Å². The van der Waals surface area contributed by atoms with Gasteiger partial charge in [0.15, 0.2) is 0 Å². The van der Waals surface area contributed by atoms with Crippen molar-refractivity contribution in [2.75, 3.05) is 10.6 Å². The molecule has 0 aliphatic carbocycles. The Morgan fingerprint density at radius 1 is 1.10 bits per heavy atom. The first kappa shape index (κ1) is 13.5. The number of aromatic nitrogens is 2. The minimum Gasteiger partial charge on any atom is -0.308 e. The fraction of sp³-hybridized carbons (Fsp3) is 0.133. The van der Waals surface area contributed by atoms with Crippen LogP contribution >= 0.6 is 11.5 Å². The summed E-state index contributed by atoms with van der Waals surface area (Å²) in [6.45, 7) is 3.94. The Morgan fingerprint density at radius 3 is 2.62 bits per heavy atom. The highest BCUT2D eigenvalue weighted by Crippen LogP contribution is 2.22. The number of hydrogen-bond donors (Lipinski definition) is 2. The molecule has 0 saturated heterocycles. The number of para-hydroxylation sites is 1. The number of rotatable bonds is 2. The maximum atomic E-state index is 12.1. The molecular weight excluding hydrogens is 284 g/mol. The monoisotopic (exact) mass is 298 g/mol. The molecule has 21 heavy (non-hydrogen) atoms. The fourth-order valence-electron chi connectivity index (χ4n) is 2.15. The third-order valence-corrected chi connectivity index (χ3v) is 3.93. The van der Waals surface area contributed by atoms with Crippen LogP contribution in [0.3, 0.4) is 0 Å². The van der Waals surface area contributed by atoms with Gasteiger partial charge in [-0.05, 0) is 54.7 Å². The Balaban J connectivity index is 1.77. The highest BCUT2D eigenvalue weighted by atomic mass is 32.1. The summed E-state index contributed by atoms with van der Waals surface area (Å²) in [4.78, 5) is 12.1. The summed E-state index contributed by atoms with van der Waals surface area (Å²) in [5.41, 5.74) is 4.38. The number of carbonyl (C=O) groups is 1. The first-order valence-electron chi connectivity index (χ1n) is 6.50. The van der Waals surface area contributed by atoms with E-state index in [1.165, 1.54) is 11.5 Å². The molecule has 2 N–H and O–H groups in total. The molecule has 0 spiro atoms. The van der Waals surface area contributed by atoms with Crippen molar-refractivity contribution in [1.82, 2.24) is 9.59 Å². The van der Waals surface area contributed by atoms with Gasteiger partial charge in [-0.1, -0.05) is 22.7 Å². The lowest BCUT2D eigenvalue weighted by molar-refractivity contribution is 0.262. The maximum absolute atomic E-state index is 12.1. The molecule has 0 bridgehead atoms. The van der Waals surface area contributed by atoms with Gasteiger partial charge < -0.3 is 10.6 Å². The Hall–Kier alpha value is -2.47. The van der Waals surface area contributed by atoms with Crippen molar-refractivity contribution in [2.24, 2.45) is 0 Å². The fourth-order valence-corrected chi connectivity index (χ4v) is 2.69. The second-order valence-electron chi connectivity index (χ2n) is 4.80. The number of urea groups is 1. The highest BCUT2D eigenvalue weighted by Gasteiger charge is 2.08. The molecule has 3 rings (SSSR count). The summed E-state index contributed by atoms with van der Waals surface area (Å²) in [7, 11) is 0. The molecule has 5 nitrogen and oxygen atoms in total. The number of fused-ring (bicyclic) bond motifs is 1. The molecule has 0 unspecified atom stereocenters.